The number of nitrogens with two attached hydrogens (primary N) is 1. The van der Waals surface area contributed by atoms with Gasteiger partial charge < -0.3 is 15.7 Å². The van der Waals surface area contributed by atoms with Gasteiger partial charge in [0.15, 0.2) is 29.0 Å². The monoisotopic (exact) mass is 296 g/mol. The molecule has 0 heterocycles. The summed E-state index contributed by atoms with van der Waals surface area (Å²) in [7, 11) is 0. The van der Waals surface area contributed by atoms with E-state index in [0.717, 1.165) is 12.1 Å². The van der Waals surface area contributed by atoms with Crippen molar-refractivity contribution in [1.29, 1.82) is 0 Å². The van der Waals surface area contributed by atoms with E-state index >= 15 is 0 Å². The lowest BCUT2D eigenvalue weighted by Crippen LogP contribution is -2.13. The fraction of sp³-hybridized carbons (Fsp3) is 0.0714. The minimum absolute atomic E-state index is 0.0325. The van der Waals surface area contributed by atoms with Crippen LogP contribution in [0.25, 0.3) is 0 Å². The van der Waals surface area contributed by atoms with Gasteiger partial charge in [-0.2, -0.15) is 0 Å². The van der Waals surface area contributed by atoms with E-state index < -0.39 is 17.5 Å². The van der Waals surface area contributed by atoms with Gasteiger partial charge >= 0.3 is 0 Å². The molecule has 2 aromatic rings. The van der Waals surface area contributed by atoms with Gasteiger partial charge in [-0.3, -0.25) is 0 Å². The number of nitrogens with zero attached hydrogens (tertiary/aromatic N) is 1. The lowest BCUT2D eigenvalue weighted by molar-refractivity contribution is 0.282. The highest BCUT2D eigenvalue weighted by Gasteiger charge is 2.11. The Kier molecular flexibility index (Phi) is 4.32. The topological polar surface area (TPSA) is 67.8 Å². The zero-order valence-corrected chi connectivity index (χ0v) is 10.7. The molecule has 0 aliphatic carbocycles. The van der Waals surface area contributed by atoms with Crippen molar-refractivity contribution in [3.8, 4) is 5.75 Å². The van der Waals surface area contributed by atoms with Gasteiger partial charge in [0, 0.05) is 11.1 Å². The molecule has 110 valence electrons. The van der Waals surface area contributed by atoms with E-state index in [4.69, 9.17) is 15.7 Å². The summed E-state index contributed by atoms with van der Waals surface area (Å²) in [6.45, 7) is -0.330. The summed E-state index contributed by atoms with van der Waals surface area (Å²) in [6.07, 6.45) is 0. The summed E-state index contributed by atoms with van der Waals surface area (Å²) in [5.74, 6) is -3.22. The van der Waals surface area contributed by atoms with Crippen LogP contribution >= 0.6 is 0 Å². The second-order valence-corrected chi connectivity index (χ2v) is 4.13. The van der Waals surface area contributed by atoms with Crippen LogP contribution in [0.3, 0.4) is 0 Å². The number of rotatable bonds is 4. The highest BCUT2D eigenvalue weighted by atomic mass is 19.2. The maximum Gasteiger partial charge on any atom is 0.170 e. The van der Waals surface area contributed by atoms with Crippen LogP contribution in [0, 0.1) is 17.5 Å². The van der Waals surface area contributed by atoms with Gasteiger partial charge in [-0.1, -0.05) is 17.3 Å². The zero-order valence-electron chi connectivity index (χ0n) is 10.7. The second-order valence-electron chi connectivity index (χ2n) is 4.13. The molecular formula is C14H11F3N2O2. The van der Waals surface area contributed by atoms with Gasteiger partial charge in [-0.15, -0.1) is 0 Å². The summed E-state index contributed by atoms with van der Waals surface area (Å²) < 4.78 is 45.3. The van der Waals surface area contributed by atoms with E-state index in [2.05, 4.69) is 5.16 Å². The molecule has 0 saturated heterocycles. The molecule has 0 fully saturated rings. The molecular weight excluding hydrogens is 285 g/mol. The maximum atomic E-state index is 13.7. The van der Waals surface area contributed by atoms with Crippen LogP contribution in [-0.4, -0.2) is 11.0 Å². The maximum absolute atomic E-state index is 13.7. The molecule has 7 heteroatoms. The predicted octanol–water partition coefficient (Wildman–Crippen LogP) is 2.78. The number of benzene rings is 2. The lowest BCUT2D eigenvalue weighted by atomic mass is 10.2. The molecule has 0 saturated carbocycles. The quantitative estimate of drug-likeness (QED) is 0.394. The van der Waals surface area contributed by atoms with Crippen molar-refractivity contribution in [1.82, 2.24) is 0 Å². The first-order valence-electron chi connectivity index (χ1n) is 5.86. The number of ether oxygens (including phenoxy) is 1. The molecule has 0 aromatic heterocycles. The van der Waals surface area contributed by atoms with Crippen molar-refractivity contribution < 1.29 is 23.1 Å². The Hall–Kier alpha value is -2.70. The van der Waals surface area contributed by atoms with Crippen molar-refractivity contribution in [2.45, 2.75) is 6.61 Å². The van der Waals surface area contributed by atoms with Crippen molar-refractivity contribution in [3.63, 3.8) is 0 Å². The van der Waals surface area contributed by atoms with Crippen LogP contribution in [0.15, 0.2) is 41.6 Å². The Balaban J connectivity index is 2.15. The van der Waals surface area contributed by atoms with Gasteiger partial charge in [-0.05, 0) is 24.3 Å². The Morgan fingerprint density at radius 1 is 1.14 bits per heavy atom. The predicted molar refractivity (Wildman–Crippen MR) is 69.6 cm³/mol. The van der Waals surface area contributed by atoms with Crippen LogP contribution < -0.4 is 10.5 Å². The first kappa shape index (κ1) is 14.7. The third kappa shape index (κ3) is 3.25. The fourth-order valence-electron chi connectivity index (χ4n) is 1.65. The molecule has 21 heavy (non-hydrogen) atoms. The normalized spacial score (nSPS) is 11.5. The number of halogens is 3. The minimum atomic E-state index is -1.04. The first-order chi connectivity index (χ1) is 10.0. The van der Waals surface area contributed by atoms with Crippen molar-refractivity contribution in [2.24, 2.45) is 10.9 Å². The molecule has 0 spiro atoms. The van der Waals surface area contributed by atoms with Crippen LogP contribution in [0.1, 0.15) is 11.1 Å². The van der Waals surface area contributed by atoms with E-state index in [0.29, 0.717) is 0 Å². The fourth-order valence-corrected chi connectivity index (χ4v) is 1.65. The summed E-state index contributed by atoms with van der Waals surface area (Å²) in [5, 5.41) is 11.2. The van der Waals surface area contributed by atoms with Gasteiger partial charge in [0.05, 0.1) is 0 Å². The van der Waals surface area contributed by atoms with Crippen LogP contribution in [0.2, 0.25) is 0 Å². The Labute approximate surface area is 118 Å². The third-order valence-electron chi connectivity index (χ3n) is 2.75. The summed E-state index contributed by atoms with van der Waals surface area (Å²) in [4.78, 5) is 0. The first-order valence-corrected chi connectivity index (χ1v) is 5.86. The molecule has 4 nitrogen and oxygen atoms in total. The Bertz CT molecular complexity index is 690. The Morgan fingerprint density at radius 3 is 2.57 bits per heavy atom. The second kappa shape index (κ2) is 6.17. The molecule has 0 amide bonds. The largest absolute Gasteiger partial charge is 0.486 e. The molecule has 0 atom stereocenters. The van der Waals surface area contributed by atoms with E-state index in [1.807, 2.05) is 0 Å². The van der Waals surface area contributed by atoms with Gasteiger partial charge in [0.25, 0.3) is 0 Å². The lowest BCUT2D eigenvalue weighted by Gasteiger charge is -2.09. The van der Waals surface area contributed by atoms with Crippen molar-refractivity contribution >= 4 is 5.84 Å². The molecule has 0 bridgehead atoms. The van der Waals surface area contributed by atoms with E-state index in [9.17, 15) is 13.2 Å². The van der Waals surface area contributed by atoms with E-state index in [-0.39, 0.29) is 29.3 Å². The van der Waals surface area contributed by atoms with E-state index in [1.165, 1.54) is 24.3 Å². The SMILES string of the molecule is N/C(=N/O)c1ccc(OCc2cccc(F)c2F)c(F)c1. The highest BCUT2D eigenvalue weighted by molar-refractivity contribution is 5.97. The molecule has 3 N–H and O–H groups in total. The number of amidine groups is 1. The third-order valence-corrected chi connectivity index (χ3v) is 2.75. The molecule has 0 radical (unpaired) electrons. The minimum Gasteiger partial charge on any atom is -0.486 e. The zero-order chi connectivity index (χ0) is 15.4. The molecule has 0 aliphatic rings. The summed E-state index contributed by atoms with van der Waals surface area (Å²) in [5.41, 5.74) is 5.45. The standard InChI is InChI=1S/C14H11F3N2O2/c15-10-3-1-2-9(13(10)17)7-21-12-5-4-8(6-11(12)16)14(18)19-20/h1-6,20H,7H2,(H2,18,19). The van der Waals surface area contributed by atoms with Gasteiger partial charge in [0.2, 0.25) is 0 Å². The molecule has 0 aliphatic heterocycles. The average molecular weight is 296 g/mol. The van der Waals surface area contributed by atoms with Crippen LogP contribution in [0.4, 0.5) is 13.2 Å². The van der Waals surface area contributed by atoms with Crippen molar-refractivity contribution in [2.75, 3.05) is 0 Å². The van der Waals surface area contributed by atoms with Crippen LogP contribution in [0.5, 0.6) is 5.75 Å². The molecule has 2 rings (SSSR count). The smallest absolute Gasteiger partial charge is 0.170 e. The van der Waals surface area contributed by atoms with E-state index in [1.54, 1.807) is 0 Å². The molecule has 2 aromatic carbocycles. The van der Waals surface area contributed by atoms with Crippen LogP contribution in [-0.2, 0) is 6.61 Å². The molecule has 0 unspecified atom stereocenters. The average Bonchev–Trinajstić information content (AvgIpc) is 2.49. The summed E-state index contributed by atoms with van der Waals surface area (Å²) in [6, 6.07) is 7.27. The van der Waals surface area contributed by atoms with Crippen molar-refractivity contribution in [3.05, 3.63) is 65.0 Å². The number of hydrogen-bond donors (Lipinski definition) is 2. The number of oxime groups is 1. The Morgan fingerprint density at radius 2 is 1.90 bits per heavy atom. The highest BCUT2D eigenvalue weighted by Crippen LogP contribution is 2.21. The number of hydrogen-bond acceptors (Lipinski definition) is 3. The van der Waals surface area contributed by atoms with Gasteiger partial charge in [0.1, 0.15) is 6.61 Å². The van der Waals surface area contributed by atoms with Gasteiger partial charge in [-0.25, -0.2) is 13.2 Å². The summed E-state index contributed by atoms with van der Waals surface area (Å²) >= 11 is 0.